The van der Waals surface area contributed by atoms with Gasteiger partial charge >= 0.3 is 0 Å². The van der Waals surface area contributed by atoms with Crippen LogP contribution in [0.5, 0.6) is 0 Å². The van der Waals surface area contributed by atoms with Crippen LogP contribution in [0.15, 0.2) is 40.9 Å². The number of rotatable bonds is 6. The van der Waals surface area contributed by atoms with Crippen molar-refractivity contribution in [2.45, 2.75) is 13.3 Å². The van der Waals surface area contributed by atoms with Gasteiger partial charge in [-0.25, -0.2) is 4.39 Å². The highest BCUT2D eigenvalue weighted by atomic mass is 32.2. The molecule has 122 valence electrons. The van der Waals surface area contributed by atoms with E-state index in [1.807, 2.05) is 0 Å². The van der Waals surface area contributed by atoms with Crippen molar-refractivity contribution in [2.24, 2.45) is 10.1 Å². The van der Waals surface area contributed by atoms with Gasteiger partial charge in [-0.1, -0.05) is 23.9 Å². The van der Waals surface area contributed by atoms with Gasteiger partial charge in [0, 0.05) is 19.2 Å². The summed E-state index contributed by atoms with van der Waals surface area (Å²) in [5.41, 5.74) is 5.17. The Bertz CT molecular complexity index is 657. The number of hydrogen-bond acceptors (Lipinski definition) is 4. The lowest BCUT2D eigenvalue weighted by Gasteiger charge is -2.15. The minimum absolute atomic E-state index is 0.120. The second-order valence-electron chi connectivity index (χ2n) is 4.93. The summed E-state index contributed by atoms with van der Waals surface area (Å²) in [6, 6.07) is 4.93. The minimum atomic E-state index is -0.274. The Labute approximate surface area is 139 Å². The molecule has 1 heterocycles. The Morgan fingerprint density at radius 2 is 2.43 bits per heavy atom. The Morgan fingerprint density at radius 1 is 1.61 bits per heavy atom. The highest BCUT2D eigenvalue weighted by Crippen LogP contribution is 2.17. The summed E-state index contributed by atoms with van der Waals surface area (Å²) in [6.07, 6.45) is 2.16. The van der Waals surface area contributed by atoms with Crippen LogP contribution >= 0.6 is 11.8 Å². The third-order valence-corrected chi connectivity index (χ3v) is 4.05. The lowest BCUT2D eigenvalue weighted by Crippen LogP contribution is -2.26. The van der Waals surface area contributed by atoms with Gasteiger partial charge in [-0.2, -0.15) is 5.10 Å². The van der Waals surface area contributed by atoms with E-state index in [-0.39, 0.29) is 11.7 Å². The van der Waals surface area contributed by atoms with E-state index in [0.717, 1.165) is 16.4 Å². The van der Waals surface area contributed by atoms with Crippen LogP contribution in [-0.2, 0) is 11.2 Å². The first-order valence-electron chi connectivity index (χ1n) is 7.24. The van der Waals surface area contributed by atoms with E-state index in [1.54, 1.807) is 30.0 Å². The number of hydrazone groups is 1. The summed E-state index contributed by atoms with van der Waals surface area (Å²) < 4.78 is 13.9. The van der Waals surface area contributed by atoms with Gasteiger partial charge < -0.3 is 5.32 Å². The number of carbonyl (C=O) groups excluding carboxylic acids is 1. The van der Waals surface area contributed by atoms with Crippen LogP contribution in [0, 0.1) is 5.82 Å². The normalized spacial score (nSPS) is 15.7. The molecule has 0 saturated heterocycles. The smallest absolute Gasteiger partial charge is 0.216 e. The van der Waals surface area contributed by atoms with Crippen molar-refractivity contribution >= 4 is 28.5 Å². The van der Waals surface area contributed by atoms with Crippen LogP contribution in [0.25, 0.3) is 0 Å². The molecule has 5 nitrogen and oxygen atoms in total. The van der Waals surface area contributed by atoms with E-state index in [4.69, 9.17) is 0 Å². The molecule has 1 aliphatic rings. The fraction of sp³-hybridized carbons (Fsp3) is 0.312. The van der Waals surface area contributed by atoms with E-state index < -0.39 is 0 Å². The van der Waals surface area contributed by atoms with Gasteiger partial charge in [0.1, 0.15) is 5.82 Å². The minimum Gasteiger partial charge on any atom is -0.356 e. The van der Waals surface area contributed by atoms with Crippen molar-refractivity contribution in [1.82, 2.24) is 10.7 Å². The predicted octanol–water partition coefficient (Wildman–Crippen LogP) is 2.09. The molecule has 0 aliphatic carbocycles. The summed E-state index contributed by atoms with van der Waals surface area (Å²) in [6.45, 7) is 6.02. The van der Waals surface area contributed by atoms with E-state index in [2.05, 4.69) is 27.4 Å². The number of halogens is 1. The maximum atomic E-state index is 13.9. The summed E-state index contributed by atoms with van der Waals surface area (Å²) in [7, 11) is 0. The molecule has 0 fully saturated rings. The van der Waals surface area contributed by atoms with Crippen LogP contribution in [0.1, 0.15) is 18.1 Å². The highest BCUT2D eigenvalue weighted by molar-refractivity contribution is 8.14. The second kappa shape index (κ2) is 8.47. The maximum Gasteiger partial charge on any atom is 0.216 e. The van der Waals surface area contributed by atoms with E-state index in [1.165, 1.54) is 13.0 Å². The number of benzene rings is 1. The lowest BCUT2D eigenvalue weighted by molar-refractivity contribution is -0.118. The fourth-order valence-corrected chi connectivity index (χ4v) is 2.79. The molecule has 2 N–H and O–H groups in total. The van der Waals surface area contributed by atoms with Gasteiger partial charge in [0.2, 0.25) is 5.91 Å². The lowest BCUT2D eigenvalue weighted by atomic mass is 10.0. The van der Waals surface area contributed by atoms with E-state index >= 15 is 0 Å². The zero-order valence-corrected chi connectivity index (χ0v) is 13.8. The largest absolute Gasteiger partial charge is 0.356 e. The monoisotopic (exact) mass is 334 g/mol. The number of hydrogen-bond donors (Lipinski definition) is 2. The number of nitrogens with zero attached hydrogens (tertiary/aromatic N) is 2. The third-order valence-electron chi connectivity index (χ3n) is 3.14. The van der Waals surface area contributed by atoms with Crippen LogP contribution in [0.4, 0.5) is 4.39 Å². The number of nitrogens with one attached hydrogen (secondary N) is 2. The molecular formula is C16H19FN4OS. The predicted molar refractivity (Wildman–Crippen MR) is 93.4 cm³/mol. The van der Waals surface area contributed by atoms with Crippen molar-refractivity contribution in [3.63, 3.8) is 0 Å². The zero-order valence-electron chi connectivity index (χ0n) is 12.9. The van der Waals surface area contributed by atoms with Gasteiger partial charge in [-0.05, 0) is 29.7 Å². The average Bonchev–Trinajstić information content (AvgIpc) is 2.55. The summed E-state index contributed by atoms with van der Waals surface area (Å²) in [5.74, 6) is 0.272. The van der Waals surface area contributed by atoms with Gasteiger partial charge in [-0.3, -0.25) is 15.2 Å². The molecule has 0 unspecified atom stereocenters. The van der Waals surface area contributed by atoms with Crippen molar-refractivity contribution < 1.29 is 9.18 Å². The quantitative estimate of drug-likeness (QED) is 0.783. The van der Waals surface area contributed by atoms with Crippen molar-refractivity contribution in [2.75, 3.05) is 18.8 Å². The van der Waals surface area contributed by atoms with Gasteiger partial charge in [0.05, 0.1) is 12.3 Å². The third kappa shape index (κ3) is 5.21. The Morgan fingerprint density at radius 3 is 3.09 bits per heavy atom. The van der Waals surface area contributed by atoms with Crippen LogP contribution in [-0.4, -0.2) is 35.6 Å². The molecule has 1 amide bonds. The zero-order chi connectivity index (χ0) is 16.7. The molecule has 0 saturated carbocycles. The van der Waals surface area contributed by atoms with Crippen molar-refractivity contribution in [3.05, 3.63) is 47.8 Å². The first-order chi connectivity index (χ1) is 11.1. The molecule has 0 aromatic heterocycles. The first kappa shape index (κ1) is 17.2. The standard InChI is InChI=1S/C16H19FN4OS/c1-3-7-19-16-21-20-15(10-23-16)13-4-5-14(17)12(9-13)6-8-18-11(2)22/h3-5,9H,1,6-8,10H2,2H3,(H,18,22)(H,19,21). The summed E-state index contributed by atoms with van der Waals surface area (Å²) >= 11 is 1.55. The summed E-state index contributed by atoms with van der Waals surface area (Å²) in [5, 5.41) is 7.72. The topological polar surface area (TPSA) is 65.8 Å². The number of thioether (sulfide) groups is 1. The van der Waals surface area contributed by atoms with Crippen molar-refractivity contribution in [1.29, 1.82) is 0 Å². The molecule has 1 aromatic rings. The first-order valence-corrected chi connectivity index (χ1v) is 8.22. The molecule has 0 atom stereocenters. The number of aliphatic imine (C=N–C) groups is 1. The molecule has 0 spiro atoms. The molecule has 2 rings (SSSR count). The number of amidine groups is 1. The molecular weight excluding hydrogens is 315 g/mol. The fourth-order valence-electron chi connectivity index (χ4n) is 2.01. The molecule has 7 heteroatoms. The van der Waals surface area contributed by atoms with E-state index in [9.17, 15) is 9.18 Å². The molecule has 1 aromatic carbocycles. The summed E-state index contributed by atoms with van der Waals surface area (Å²) in [4.78, 5) is 15.1. The van der Waals surface area contributed by atoms with Gasteiger partial charge in [-0.15, -0.1) is 6.58 Å². The van der Waals surface area contributed by atoms with Crippen LogP contribution in [0.2, 0.25) is 0 Å². The number of amides is 1. The van der Waals surface area contributed by atoms with Gasteiger partial charge in [0.15, 0.2) is 5.17 Å². The molecule has 0 radical (unpaired) electrons. The van der Waals surface area contributed by atoms with Crippen LogP contribution < -0.4 is 10.7 Å². The maximum absolute atomic E-state index is 13.9. The molecule has 1 aliphatic heterocycles. The molecule has 23 heavy (non-hydrogen) atoms. The SMILES string of the molecule is C=CCN=C1NN=C(c2ccc(F)c(CCNC(C)=O)c2)CS1. The highest BCUT2D eigenvalue weighted by Gasteiger charge is 2.14. The molecule has 0 bridgehead atoms. The number of carbonyl (C=O) groups is 1. The van der Waals surface area contributed by atoms with E-state index in [0.29, 0.717) is 30.8 Å². The van der Waals surface area contributed by atoms with Crippen LogP contribution in [0.3, 0.4) is 0 Å². The Kier molecular flexibility index (Phi) is 6.34. The van der Waals surface area contributed by atoms with Crippen molar-refractivity contribution in [3.8, 4) is 0 Å². The Balaban J connectivity index is 2.07. The van der Waals surface area contributed by atoms with Gasteiger partial charge in [0.25, 0.3) is 0 Å². The second-order valence-corrected chi connectivity index (χ2v) is 5.90. The Hall–Kier alpha value is -2.15. The average molecular weight is 334 g/mol.